The van der Waals surface area contributed by atoms with Crippen LogP contribution in [0.25, 0.3) is 0 Å². The second-order valence-corrected chi connectivity index (χ2v) is 5.85. The molecule has 0 bridgehead atoms. The Hall–Kier alpha value is -1.92. The molecule has 1 heterocycles. The number of anilines is 1. The quantitative estimate of drug-likeness (QED) is 0.883. The molecule has 5 nitrogen and oxygen atoms in total. The predicted molar refractivity (Wildman–Crippen MR) is 82.2 cm³/mol. The van der Waals surface area contributed by atoms with Crippen LogP contribution in [0.4, 0.5) is 5.13 Å². The van der Waals surface area contributed by atoms with Gasteiger partial charge >= 0.3 is 5.97 Å². The van der Waals surface area contributed by atoms with Crippen LogP contribution in [-0.4, -0.2) is 22.0 Å². The summed E-state index contributed by atoms with van der Waals surface area (Å²) in [5.74, 6) is -1.19. The van der Waals surface area contributed by atoms with Crippen molar-refractivity contribution in [3.05, 3.63) is 45.4 Å². The molecule has 2 aromatic rings. The number of nitrogens with zero attached hydrogens (tertiary/aromatic N) is 1. The van der Waals surface area contributed by atoms with Crippen molar-refractivity contribution in [3.63, 3.8) is 0 Å². The number of halogens is 1. The largest absolute Gasteiger partial charge is 0.481 e. The molecule has 0 saturated carbocycles. The molecule has 0 aliphatic heterocycles. The van der Waals surface area contributed by atoms with Gasteiger partial charge in [-0.3, -0.25) is 14.9 Å². The van der Waals surface area contributed by atoms with Gasteiger partial charge in [-0.05, 0) is 25.5 Å². The highest BCUT2D eigenvalue weighted by Crippen LogP contribution is 2.25. The van der Waals surface area contributed by atoms with E-state index in [1.807, 2.05) is 0 Å². The summed E-state index contributed by atoms with van der Waals surface area (Å²) in [7, 11) is 0. The molecule has 0 fully saturated rings. The maximum absolute atomic E-state index is 12.1. The van der Waals surface area contributed by atoms with Crippen molar-refractivity contribution >= 4 is 39.9 Å². The van der Waals surface area contributed by atoms with Crippen LogP contribution in [0.1, 0.15) is 27.3 Å². The lowest BCUT2D eigenvalue weighted by atomic mass is 10.2. The molecule has 21 heavy (non-hydrogen) atoms. The van der Waals surface area contributed by atoms with Crippen LogP contribution in [0, 0.1) is 6.92 Å². The van der Waals surface area contributed by atoms with Gasteiger partial charge in [0.25, 0.3) is 5.91 Å². The van der Waals surface area contributed by atoms with E-state index >= 15 is 0 Å². The number of hydrogen-bond acceptors (Lipinski definition) is 4. The van der Waals surface area contributed by atoms with Gasteiger partial charge in [-0.15, -0.1) is 11.3 Å². The van der Waals surface area contributed by atoms with E-state index in [4.69, 9.17) is 16.7 Å². The molecule has 0 aliphatic carbocycles. The molecule has 0 aliphatic rings. The molecule has 0 spiro atoms. The van der Waals surface area contributed by atoms with Gasteiger partial charge in [-0.1, -0.05) is 23.7 Å². The maximum atomic E-state index is 12.1. The zero-order valence-corrected chi connectivity index (χ0v) is 12.8. The summed E-state index contributed by atoms with van der Waals surface area (Å²) in [4.78, 5) is 27.8. The average molecular weight is 325 g/mol. The van der Waals surface area contributed by atoms with Crippen LogP contribution in [0.3, 0.4) is 0 Å². The lowest BCUT2D eigenvalue weighted by molar-refractivity contribution is -0.136. The van der Waals surface area contributed by atoms with Crippen LogP contribution < -0.4 is 5.32 Å². The highest BCUT2D eigenvalue weighted by atomic mass is 35.5. The molecule has 0 saturated heterocycles. The van der Waals surface area contributed by atoms with Crippen molar-refractivity contribution in [1.82, 2.24) is 4.98 Å². The first kappa shape index (κ1) is 15.5. The molecule has 110 valence electrons. The number of rotatable bonds is 5. The minimum atomic E-state index is -0.857. The van der Waals surface area contributed by atoms with E-state index in [2.05, 4.69) is 10.3 Å². The molecule has 0 radical (unpaired) electrons. The standard InChI is InChI=1S/C14H13ClN2O3S/c1-8-11(6-7-12(18)19)21-14(16-8)17-13(20)9-4-2-3-5-10(9)15/h2-5H,6-7H2,1H3,(H,18,19)(H,16,17,20). The highest BCUT2D eigenvalue weighted by molar-refractivity contribution is 7.15. The molecule has 2 N–H and O–H groups in total. The summed E-state index contributed by atoms with van der Waals surface area (Å²) in [6.07, 6.45) is 0.446. The highest BCUT2D eigenvalue weighted by Gasteiger charge is 2.14. The fourth-order valence-electron chi connectivity index (χ4n) is 1.74. The lowest BCUT2D eigenvalue weighted by Crippen LogP contribution is -2.12. The van der Waals surface area contributed by atoms with E-state index in [9.17, 15) is 9.59 Å². The number of carbonyl (C=O) groups excluding carboxylic acids is 1. The number of amides is 1. The molecule has 0 atom stereocenters. The van der Waals surface area contributed by atoms with Crippen LogP contribution in [0.5, 0.6) is 0 Å². The van der Waals surface area contributed by atoms with Crippen molar-refractivity contribution in [2.45, 2.75) is 19.8 Å². The molecule has 1 amide bonds. The first-order valence-electron chi connectivity index (χ1n) is 6.21. The smallest absolute Gasteiger partial charge is 0.303 e. The number of carboxylic acid groups (broad SMARTS) is 1. The van der Waals surface area contributed by atoms with E-state index < -0.39 is 5.97 Å². The van der Waals surface area contributed by atoms with Gasteiger partial charge in [0.2, 0.25) is 0 Å². The van der Waals surface area contributed by atoms with Crippen molar-refractivity contribution in [2.24, 2.45) is 0 Å². The van der Waals surface area contributed by atoms with Gasteiger partial charge in [0.1, 0.15) is 0 Å². The number of carboxylic acids is 1. The second kappa shape index (κ2) is 6.69. The van der Waals surface area contributed by atoms with Crippen molar-refractivity contribution in [3.8, 4) is 0 Å². The third kappa shape index (κ3) is 4.03. The Morgan fingerprint density at radius 1 is 1.38 bits per heavy atom. The monoisotopic (exact) mass is 324 g/mol. The Morgan fingerprint density at radius 3 is 2.76 bits per heavy atom. The van der Waals surface area contributed by atoms with E-state index in [0.29, 0.717) is 22.1 Å². The lowest BCUT2D eigenvalue weighted by Gasteiger charge is -2.03. The predicted octanol–water partition coefficient (Wildman–Crippen LogP) is 3.37. The Bertz CT molecular complexity index is 685. The number of benzene rings is 1. The van der Waals surface area contributed by atoms with Gasteiger partial charge in [-0.2, -0.15) is 0 Å². The van der Waals surface area contributed by atoms with Crippen molar-refractivity contribution < 1.29 is 14.7 Å². The number of carbonyl (C=O) groups is 2. The molecular weight excluding hydrogens is 312 g/mol. The van der Waals surface area contributed by atoms with Gasteiger partial charge in [-0.25, -0.2) is 4.98 Å². The average Bonchev–Trinajstić information content (AvgIpc) is 2.76. The molecular formula is C14H13ClN2O3S. The van der Waals surface area contributed by atoms with Crippen molar-refractivity contribution in [2.75, 3.05) is 5.32 Å². The molecule has 2 rings (SSSR count). The van der Waals surface area contributed by atoms with Crippen LogP contribution in [0.2, 0.25) is 5.02 Å². The molecule has 7 heteroatoms. The van der Waals surface area contributed by atoms with Gasteiger partial charge in [0.05, 0.1) is 22.7 Å². The van der Waals surface area contributed by atoms with Gasteiger partial charge < -0.3 is 5.11 Å². The first-order valence-corrected chi connectivity index (χ1v) is 7.41. The first-order chi connectivity index (χ1) is 9.97. The van der Waals surface area contributed by atoms with Gasteiger partial charge in [0, 0.05) is 4.88 Å². The van der Waals surface area contributed by atoms with E-state index in [1.54, 1.807) is 31.2 Å². The molecule has 1 aromatic carbocycles. The zero-order valence-electron chi connectivity index (χ0n) is 11.2. The maximum Gasteiger partial charge on any atom is 0.303 e. The van der Waals surface area contributed by atoms with Crippen LogP contribution in [0.15, 0.2) is 24.3 Å². The molecule has 1 aromatic heterocycles. The Labute approximate surface area is 130 Å². The second-order valence-electron chi connectivity index (χ2n) is 4.36. The minimum Gasteiger partial charge on any atom is -0.481 e. The summed E-state index contributed by atoms with van der Waals surface area (Å²) in [5.41, 5.74) is 1.11. The third-order valence-corrected chi connectivity index (χ3v) is 4.26. The van der Waals surface area contributed by atoms with E-state index in [-0.39, 0.29) is 12.3 Å². The fraction of sp³-hybridized carbons (Fsp3) is 0.214. The third-order valence-electron chi connectivity index (χ3n) is 2.80. The number of hydrogen-bond donors (Lipinski definition) is 2. The fourth-order valence-corrected chi connectivity index (χ4v) is 2.92. The number of aromatic nitrogens is 1. The number of aryl methyl sites for hydroxylation is 2. The van der Waals surface area contributed by atoms with E-state index in [0.717, 1.165) is 10.6 Å². The van der Waals surface area contributed by atoms with Crippen molar-refractivity contribution in [1.29, 1.82) is 0 Å². The van der Waals surface area contributed by atoms with Gasteiger partial charge in [0.15, 0.2) is 5.13 Å². The summed E-state index contributed by atoms with van der Waals surface area (Å²) in [5, 5.41) is 12.2. The minimum absolute atomic E-state index is 0.0426. The summed E-state index contributed by atoms with van der Waals surface area (Å²) < 4.78 is 0. The van der Waals surface area contributed by atoms with Crippen LogP contribution in [-0.2, 0) is 11.2 Å². The Balaban J connectivity index is 2.10. The van der Waals surface area contributed by atoms with Crippen LogP contribution >= 0.6 is 22.9 Å². The summed E-state index contributed by atoms with van der Waals surface area (Å²) in [6, 6.07) is 6.74. The number of thiazole rings is 1. The number of nitrogens with one attached hydrogen (secondary N) is 1. The normalized spacial score (nSPS) is 10.4. The summed E-state index contributed by atoms with van der Waals surface area (Å²) >= 11 is 7.24. The summed E-state index contributed by atoms with van der Waals surface area (Å²) in [6.45, 7) is 1.79. The molecule has 0 unspecified atom stereocenters. The number of aliphatic carboxylic acids is 1. The SMILES string of the molecule is Cc1nc(NC(=O)c2ccccc2Cl)sc1CCC(=O)O. The Morgan fingerprint density at radius 2 is 2.10 bits per heavy atom. The zero-order chi connectivity index (χ0) is 15.4. The topological polar surface area (TPSA) is 79.3 Å². The Kier molecular flexibility index (Phi) is 4.93. The van der Waals surface area contributed by atoms with E-state index in [1.165, 1.54) is 11.3 Å².